The first-order valence-electron chi connectivity index (χ1n) is 5.68. The summed E-state index contributed by atoms with van der Waals surface area (Å²) in [4.78, 5) is 0. The van der Waals surface area contributed by atoms with Crippen LogP contribution in [0.3, 0.4) is 0 Å². The van der Waals surface area contributed by atoms with Crippen LogP contribution in [0.5, 0.6) is 0 Å². The molecule has 0 aliphatic carbocycles. The summed E-state index contributed by atoms with van der Waals surface area (Å²) in [6.07, 6.45) is 0. The predicted octanol–water partition coefficient (Wildman–Crippen LogP) is 12.1. The van der Waals surface area contributed by atoms with Crippen LogP contribution in [0.4, 0.5) is 0 Å². The molecule has 3 nitrogen and oxygen atoms in total. The van der Waals surface area contributed by atoms with Gasteiger partial charge in [0, 0.05) is 0 Å². The molecular weight excluding hydrogens is 1530 g/mol. The molecule has 0 heterocycles. The Balaban J connectivity index is 6.90. The summed E-state index contributed by atoms with van der Waals surface area (Å²) in [5.41, 5.74) is 0. The van der Waals surface area contributed by atoms with Crippen LogP contribution in [0, 0.1) is 0 Å². The van der Waals surface area contributed by atoms with Gasteiger partial charge in [0.05, 0.1) is 0 Å². The Kier molecular flexibility index (Phi) is 14.7. The van der Waals surface area contributed by atoms with Crippen LogP contribution < -0.4 is 0 Å². The van der Waals surface area contributed by atoms with Crippen molar-refractivity contribution >= 4 is 281 Å². The SMILES string of the molecule is O=S(=O)(O)C(Br)(Br)C(Br)(Br)C(Br)(Br)C(Br)(Br)C(Br)(Br)C(Br)(Br)C(Br)(Br)C(Br)(Br)Br. The van der Waals surface area contributed by atoms with E-state index in [0.29, 0.717) is 0 Å². The Morgan fingerprint density at radius 3 is 0.828 bits per heavy atom. The van der Waals surface area contributed by atoms with Gasteiger partial charge < -0.3 is 0 Å². The molecule has 0 amide bonds. The van der Waals surface area contributed by atoms with Crippen LogP contribution in [-0.2, 0) is 10.1 Å². The van der Waals surface area contributed by atoms with Crippen molar-refractivity contribution in [3.63, 3.8) is 0 Å². The van der Waals surface area contributed by atoms with Crippen LogP contribution in [0.2, 0.25) is 0 Å². The van der Waals surface area contributed by atoms with Gasteiger partial charge in [0.1, 0.15) is 19.4 Å². The van der Waals surface area contributed by atoms with Crippen molar-refractivity contribution < 1.29 is 13.0 Å². The van der Waals surface area contributed by atoms with E-state index in [1.165, 1.54) is 0 Å². The van der Waals surface area contributed by atoms with E-state index >= 15 is 0 Å². The molecule has 0 aromatic heterocycles. The summed E-state index contributed by atoms with van der Waals surface area (Å²) in [5.74, 6) is 0. The molecule has 29 heavy (non-hydrogen) atoms. The molecule has 0 saturated carbocycles. The highest BCUT2D eigenvalue weighted by molar-refractivity contribution is 9.42. The van der Waals surface area contributed by atoms with Crippen LogP contribution in [0.1, 0.15) is 0 Å². The second-order valence-corrected chi connectivity index (χ2v) is 38.4. The van der Waals surface area contributed by atoms with E-state index in [-0.39, 0.29) is 0 Å². The summed E-state index contributed by atoms with van der Waals surface area (Å²) in [7, 11) is -4.69. The number of alkyl halides is 17. The molecule has 0 bridgehead atoms. The molecule has 0 saturated heterocycles. The van der Waals surface area contributed by atoms with Crippen LogP contribution in [-0.4, -0.2) is 37.1 Å². The molecule has 21 heteroatoms. The number of rotatable bonds is 7. The fourth-order valence-electron chi connectivity index (χ4n) is 1.31. The van der Waals surface area contributed by atoms with Crippen LogP contribution >= 0.6 is 271 Å². The van der Waals surface area contributed by atoms with Gasteiger partial charge in [0.2, 0.25) is 2.57 Å². The van der Waals surface area contributed by atoms with E-state index in [9.17, 15) is 13.0 Å². The van der Waals surface area contributed by atoms with Crippen molar-refractivity contribution in [2.75, 3.05) is 0 Å². The maximum atomic E-state index is 12.1. The molecule has 1 N–H and O–H groups in total. The topological polar surface area (TPSA) is 54.4 Å². The molecule has 0 aromatic rings. The highest BCUT2D eigenvalue weighted by Crippen LogP contribution is 2.78. The summed E-state index contributed by atoms with van der Waals surface area (Å²) in [5, 5.41) is 0. The molecular formula is C8HBr17O3S. The van der Waals surface area contributed by atoms with Gasteiger partial charge in [-0.15, -0.1) is 0 Å². The third-order valence-corrected chi connectivity index (χ3v) is 40.2. The van der Waals surface area contributed by atoms with E-state index in [4.69, 9.17) is 0 Å². The van der Waals surface area contributed by atoms with Gasteiger partial charge in [-0.25, -0.2) is 0 Å². The fraction of sp³-hybridized carbons (Fsp3) is 1.00. The van der Waals surface area contributed by atoms with Crippen molar-refractivity contribution in [3.8, 4) is 0 Å². The second kappa shape index (κ2) is 11.5. The summed E-state index contributed by atoms with van der Waals surface area (Å²) < 4.78 is 23.0. The van der Waals surface area contributed by atoms with Crippen LogP contribution in [0.15, 0.2) is 0 Å². The Morgan fingerprint density at radius 2 is 0.621 bits per heavy atom. The predicted molar refractivity (Wildman–Crippen MR) is 185 cm³/mol. The molecule has 176 valence electrons. The van der Waals surface area contributed by atoms with E-state index < -0.39 is 34.2 Å². The zero-order valence-electron chi connectivity index (χ0n) is 12.1. The lowest BCUT2D eigenvalue weighted by Gasteiger charge is -2.57. The van der Waals surface area contributed by atoms with Gasteiger partial charge >= 0.3 is 0 Å². The molecule has 0 aliphatic rings. The molecule has 0 atom stereocenters. The largest absolute Gasteiger partial charge is 0.293 e. The Hall–Kier alpha value is 8.07. The van der Waals surface area contributed by atoms with Gasteiger partial charge in [-0.3, -0.25) is 4.55 Å². The van der Waals surface area contributed by atoms with E-state index in [2.05, 4.69) is 271 Å². The number of halogens is 17. The number of hydrogen-bond donors (Lipinski definition) is 1. The molecule has 0 unspecified atom stereocenters. The molecule has 0 radical (unpaired) electrons. The van der Waals surface area contributed by atoms with Crippen molar-refractivity contribution in [3.05, 3.63) is 0 Å². The monoisotopic (exact) mass is 1520 g/mol. The van der Waals surface area contributed by atoms with Crippen molar-refractivity contribution in [2.24, 2.45) is 0 Å². The minimum Gasteiger partial charge on any atom is -0.284 e. The normalized spacial score (nSPS) is 16.9. The lowest BCUT2D eigenvalue weighted by Crippen LogP contribution is -2.68. The highest BCUT2D eigenvalue weighted by atomic mass is 80.0. The van der Waals surface area contributed by atoms with Crippen molar-refractivity contribution in [2.45, 2.75) is 24.1 Å². The average Bonchev–Trinajstić information content (AvgIpc) is 2.43. The first-order valence-corrected chi connectivity index (χ1v) is 20.6. The minimum absolute atomic E-state index is 0.903. The fourth-order valence-corrected chi connectivity index (χ4v) is 17.6. The standard InChI is InChI=1S/C8HBr17O3S/c9-1(10,3(13,14)5(17,18)7(21,22)23)2(11,12)4(15,16)6(19,20)8(24,25)29(26,27)28/h(H,26,27,28). The Morgan fingerprint density at radius 1 is 0.414 bits per heavy atom. The zero-order valence-corrected chi connectivity index (χ0v) is 39.9. The first-order chi connectivity index (χ1) is 12.0. The van der Waals surface area contributed by atoms with Gasteiger partial charge in [-0.05, 0) is 31.9 Å². The lowest BCUT2D eigenvalue weighted by molar-refractivity contribution is 0.471. The Labute approximate surface area is 311 Å². The van der Waals surface area contributed by atoms with E-state index in [0.717, 1.165) is 0 Å². The molecule has 0 rings (SSSR count). The third kappa shape index (κ3) is 6.53. The lowest BCUT2D eigenvalue weighted by atomic mass is 10.1. The summed E-state index contributed by atoms with van der Waals surface area (Å²) >= 11 is 59.4. The Bertz CT molecular complexity index is 732. The molecule has 0 aromatic carbocycles. The zero-order chi connectivity index (χ0) is 24.5. The average molecular weight is 1540 g/mol. The van der Waals surface area contributed by atoms with Gasteiger partial charge in [-0.1, -0.05) is 239 Å². The molecule has 0 spiro atoms. The van der Waals surface area contributed by atoms with Gasteiger partial charge in [-0.2, -0.15) is 8.42 Å². The van der Waals surface area contributed by atoms with Gasteiger partial charge in [0.15, 0.2) is 2.14 Å². The van der Waals surface area contributed by atoms with E-state index in [1.54, 1.807) is 0 Å². The van der Waals surface area contributed by atoms with Crippen LogP contribution in [0.25, 0.3) is 0 Å². The molecule has 0 aliphatic heterocycles. The maximum Gasteiger partial charge on any atom is 0.293 e. The second-order valence-electron chi connectivity index (χ2n) is 4.94. The maximum absolute atomic E-state index is 12.1. The third-order valence-electron chi connectivity index (χ3n) is 3.02. The first kappa shape index (κ1) is 37.1. The van der Waals surface area contributed by atoms with Gasteiger partial charge in [0.25, 0.3) is 10.1 Å². The van der Waals surface area contributed by atoms with Crippen molar-refractivity contribution in [1.29, 1.82) is 0 Å². The highest BCUT2D eigenvalue weighted by Gasteiger charge is 2.78. The minimum atomic E-state index is -4.69. The summed E-state index contributed by atoms with van der Waals surface area (Å²) in [6, 6.07) is 0. The van der Waals surface area contributed by atoms with E-state index in [1.807, 2.05) is 0 Å². The number of hydrogen-bond acceptors (Lipinski definition) is 2. The molecule has 0 fully saturated rings. The van der Waals surface area contributed by atoms with Crippen molar-refractivity contribution in [1.82, 2.24) is 0 Å². The summed E-state index contributed by atoms with van der Waals surface area (Å²) in [6.45, 7) is 0. The quantitative estimate of drug-likeness (QED) is 0.204. The smallest absolute Gasteiger partial charge is 0.284 e.